The van der Waals surface area contributed by atoms with Crippen LogP contribution in [0.1, 0.15) is 230 Å². The van der Waals surface area contributed by atoms with Crippen molar-refractivity contribution in [2.45, 2.75) is 250 Å². The van der Waals surface area contributed by atoms with E-state index in [-0.39, 0.29) is 37.2 Å². The minimum absolute atomic E-state index is 0.0968. The van der Waals surface area contributed by atoms with E-state index in [0.717, 1.165) is 43.6 Å². The third kappa shape index (κ3) is 38.0. The monoisotopic (exact) mass is 1010 g/mol. The SMILES string of the molecule is CC(C)(CCC(=O)C(C)(C)C)SSCCCC(=O)C(C)(C)C.CC(CCC(=O)C(C)(C)C)SSC(C)CCC(=O)C(C)(C)C.CC(CCC(=O)C(C)(C)C)SSCCC(=O)C(C)(C)C. The van der Waals surface area contributed by atoms with Crippen LogP contribution in [0.2, 0.25) is 0 Å². The van der Waals surface area contributed by atoms with Crippen LogP contribution in [0.3, 0.4) is 0 Å². The summed E-state index contributed by atoms with van der Waals surface area (Å²) in [5, 5.41) is 1.39. The molecule has 0 N–H and O–H groups in total. The molecule has 0 bridgehead atoms. The molecule has 378 valence electrons. The highest BCUT2D eigenvalue weighted by atomic mass is 33.1. The highest BCUT2D eigenvalue weighted by Gasteiger charge is 2.27. The zero-order chi connectivity index (χ0) is 51.1. The third-order valence-corrected chi connectivity index (χ3v) is 20.2. The third-order valence-electron chi connectivity index (χ3n) is 10.3. The molecule has 0 saturated heterocycles. The van der Waals surface area contributed by atoms with Gasteiger partial charge in [0.2, 0.25) is 0 Å². The number of hydrogen-bond acceptors (Lipinski definition) is 12. The molecule has 0 aliphatic heterocycles. The Bertz CT molecular complexity index is 1360. The summed E-state index contributed by atoms with van der Waals surface area (Å²) in [6.07, 6.45) is 8.54. The number of carbonyl (C=O) groups excluding carboxylic acids is 6. The summed E-state index contributed by atoms with van der Waals surface area (Å²) in [4.78, 5) is 71.3. The van der Waals surface area contributed by atoms with Gasteiger partial charge >= 0.3 is 0 Å². The fourth-order valence-electron chi connectivity index (χ4n) is 4.83. The summed E-state index contributed by atoms with van der Waals surface area (Å²) < 4.78 is 0.0968. The second-order valence-electron chi connectivity index (χ2n) is 24.2. The van der Waals surface area contributed by atoms with E-state index in [1.165, 1.54) is 0 Å². The molecule has 0 radical (unpaired) electrons. The van der Waals surface area contributed by atoms with Crippen molar-refractivity contribution in [3.63, 3.8) is 0 Å². The molecule has 0 aromatic rings. The van der Waals surface area contributed by atoms with Crippen molar-refractivity contribution < 1.29 is 28.8 Å². The Kier molecular flexibility index (Phi) is 33.5. The van der Waals surface area contributed by atoms with Gasteiger partial charge in [0.25, 0.3) is 0 Å². The molecule has 0 rings (SSSR count). The first-order valence-electron chi connectivity index (χ1n) is 23.6. The van der Waals surface area contributed by atoms with Crippen LogP contribution < -0.4 is 0 Å². The molecule has 0 aliphatic carbocycles. The highest BCUT2D eigenvalue weighted by molar-refractivity contribution is 8.77. The minimum Gasteiger partial charge on any atom is -0.299 e. The molecule has 6 nitrogen and oxygen atoms in total. The number of ketones is 6. The van der Waals surface area contributed by atoms with Gasteiger partial charge in [-0.2, -0.15) is 0 Å². The molecular weight excluding hydrogens is 913 g/mol. The van der Waals surface area contributed by atoms with Crippen LogP contribution in [0.4, 0.5) is 0 Å². The highest BCUT2D eigenvalue weighted by Crippen LogP contribution is 2.40. The maximum absolute atomic E-state index is 12.0. The molecule has 64 heavy (non-hydrogen) atoms. The lowest BCUT2D eigenvalue weighted by Crippen LogP contribution is -2.23. The summed E-state index contributed by atoms with van der Waals surface area (Å²) in [7, 11) is 10.9. The number of hydrogen-bond donors (Lipinski definition) is 0. The second-order valence-corrected chi connectivity index (χ2v) is 33.4. The Hall–Kier alpha value is 0.120. The summed E-state index contributed by atoms with van der Waals surface area (Å²) in [6, 6.07) is 0. The van der Waals surface area contributed by atoms with Crippen molar-refractivity contribution in [2.75, 3.05) is 11.5 Å². The molecule has 0 aromatic carbocycles. The molecule has 0 amide bonds. The first-order valence-corrected chi connectivity index (χ1v) is 30.6. The van der Waals surface area contributed by atoms with E-state index in [4.69, 9.17) is 0 Å². The maximum atomic E-state index is 12.0. The molecular formula is C52H98O6S6. The summed E-state index contributed by atoms with van der Waals surface area (Å²) in [5.74, 6) is 3.86. The average Bonchev–Trinajstić information content (AvgIpc) is 3.12. The predicted molar refractivity (Wildman–Crippen MR) is 295 cm³/mol. The average molecular weight is 1010 g/mol. The van der Waals surface area contributed by atoms with Gasteiger partial charge in [-0.25, -0.2) is 0 Å². The van der Waals surface area contributed by atoms with Gasteiger partial charge in [0, 0.05) is 103 Å². The zero-order valence-corrected chi connectivity index (χ0v) is 50.2. The minimum atomic E-state index is -0.235. The van der Waals surface area contributed by atoms with Crippen molar-refractivity contribution >= 4 is 99.5 Å². The van der Waals surface area contributed by atoms with Gasteiger partial charge in [-0.1, -0.05) is 210 Å². The Morgan fingerprint density at radius 1 is 0.344 bits per heavy atom. The van der Waals surface area contributed by atoms with Crippen molar-refractivity contribution in [2.24, 2.45) is 32.5 Å². The number of Topliss-reactive ketones (excluding diaryl/α,β-unsaturated/α-hetero) is 6. The summed E-state index contributed by atoms with van der Waals surface area (Å²) in [5.41, 5.74) is -1.35. The summed E-state index contributed by atoms with van der Waals surface area (Å²) >= 11 is 0. The normalized spacial score (nSPS) is 14.3. The quantitative estimate of drug-likeness (QED) is 0.0609. The Morgan fingerprint density at radius 3 is 0.953 bits per heavy atom. The molecule has 0 fully saturated rings. The molecule has 3 unspecified atom stereocenters. The largest absolute Gasteiger partial charge is 0.299 e. The van der Waals surface area contributed by atoms with E-state index in [1.807, 2.05) is 168 Å². The fourth-order valence-corrected chi connectivity index (χ4v) is 12.4. The Labute approximate surface area is 419 Å². The van der Waals surface area contributed by atoms with Gasteiger partial charge in [0.15, 0.2) is 0 Å². The van der Waals surface area contributed by atoms with Crippen molar-refractivity contribution in [1.29, 1.82) is 0 Å². The molecule has 12 heteroatoms. The van der Waals surface area contributed by atoms with Gasteiger partial charge in [0.1, 0.15) is 34.7 Å². The van der Waals surface area contributed by atoms with Crippen LogP contribution in [0.25, 0.3) is 0 Å². The van der Waals surface area contributed by atoms with E-state index >= 15 is 0 Å². The lowest BCUT2D eigenvalue weighted by molar-refractivity contribution is -0.127. The number of rotatable bonds is 26. The summed E-state index contributed by atoms with van der Waals surface area (Å²) in [6.45, 7) is 46.5. The van der Waals surface area contributed by atoms with Crippen LogP contribution in [0, 0.1) is 32.5 Å². The molecule has 3 atom stereocenters. The fraction of sp³-hybridized carbons (Fsp3) is 0.885. The van der Waals surface area contributed by atoms with E-state index in [2.05, 4.69) is 34.6 Å². The number of carbonyl (C=O) groups is 6. The van der Waals surface area contributed by atoms with Gasteiger partial charge < -0.3 is 0 Å². The van der Waals surface area contributed by atoms with Crippen LogP contribution in [0.15, 0.2) is 0 Å². The van der Waals surface area contributed by atoms with Crippen LogP contribution in [0.5, 0.6) is 0 Å². The lowest BCUT2D eigenvalue weighted by atomic mass is 9.87. The smallest absolute Gasteiger partial charge is 0.139 e. The van der Waals surface area contributed by atoms with E-state index in [0.29, 0.717) is 89.0 Å². The van der Waals surface area contributed by atoms with Crippen molar-refractivity contribution in [3.05, 3.63) is 0 Å². The second kappa shape index (κ2) is 31.4. The zero-order valence-electron chi connectivity index (χ0n) is 45.3. The van der Waals surface area contributed by atoms with Crippen LogP contribution in [-0.2, 0) is 28.8 Å². The van der Waals surface area contributed by atoms with Crippen LogP contribution in [-0.4, -0.2) is 66.7 Å². The van der Waals surface area contributed by atoms with Crippen molar-refractivity contribution in [1.82, 2.24) is 0 Å². The van der Waals surface area contributed by atoms with Gasteiger partial charge in [-0.05, 0) is 46.0 Å². The maximum Gasteiger partial charge on any atom is 0.139 e. The first-order chi connectivity index (χ1) is 28.5. The van der Waals surface area contributed by atoms with E-state index in [9.17, 15) is 28.8 Å². The van der Waals surface area contributed by atoms with E-state index < -0.39 is 0 Å². The first kappa shape index (κ1) is 68.4. The predicted octanol–water partition coefficient (Wildman–Crippen LogP) is 17.0. The molecule has 0 saturated carbocycles. The van der Waals surface area contributed by atoms with Crippen molar-refractivity contribution in [3.8, 4) is 0 Å². The molecule has 0 spiro atoms. The molecule has 0 heterocycles. The van der Waals surface area contributed by atoms with Gasteiger partial charge in [0.05, 0.1) is 0 Å². The molecule has 0 aromatic heterocycles. The van der Waals surface area contributed by atoms with Gasteiger partial charge in [-0.15, -0.1) is 0 Å². The lowest BCUT2D eigenvalue weighted by Gasteiger charge is -2.25. The molecule has 0 aliphatic rings. The standard InChI is InChI=1S/2C18H34O2S2.C16H30O2S2/c1-13(9-11-15(19)17(3,4)5)21-22-14(2)10-12-16(20)18(6,7)8;1-16(2,3)14(19)10-9-13-21-22-18(7,8)12-11-15(20)17(4,5)6;1-12(8-9-13(17)15(2,3)4)20-19-11-10-14(18)16(5,6)7/h13-14H,9-12H2,1-8H3;9-13H2,1-8H3;12H,8-11H2,1-7H3. The van der Waals surface area contributed by atoms with E-state index in [1.54, 1.807) is 21.6 Å². The van der Waals surface area contributed by atoms with Gasteiger partial charge in [-0.3, -0.25) is 28.8 Å². The topological polar surface area (TPSA) is 102 Å². The van der Waals surface area contributed by atoms with Crippen LogP contribution >= 0.6 is 64.8 Å². The Morgan fingerprint density at radius 2 is 0.625 bits per heavy atom. The Balaban J connectivity index is -0.000000873.